The maximum absolute atomic E-state index is 13.3. The molecule has 1 aliphatic rings. The van der Waals surface area contributed by atoms with E-state index in [0.29, 0.717) is 30.1 Å². The van der Waals surface area contributed by atoms with Gasteiger partial charge in [0, 0.05) is 16.7 Å². The Morgan fingerprint density at radius 2 is 2.13 bits per heavy atom. The van der Waals surface area contributed by atoms with Gasteiger partial charge in [-0.3, -0.25) is 9.69 Å². The van der Waals surface area contributed by atoms with E-state index in [0.717, 1.165) is 36.5 Å². The van der Waals surface area contributed by atoms with Gasteiger partial charge in [0.25, 0.3) is 5.89 Å². The number of carbonyl (C=O) groups excluding carboxylic acids is 1. The standard InChI is InChI=1S/C22H26N4O2S2/c1-3-11-25(14-20-23-24-22(28-20)19-9-6-13-29-19)15-21(27)26-12-10-16(2)30-18-8-5-4-7-17(18)26/h4-9,13,16H,3,10-12,14-15H2,1-2H3. The van der Waals surface area contributed by atoms with E-state index in [2.05, 4.69) is 35.0 Å². The third kappa shape index (κ3) is 4.94. The minimum Gasteiger partial charge on any atom is -0.419 e. The molecule has 0 saturated heterocycles. The van der Waals surface area contributed by atoms with Gasteiger partial charge in [-0.25, -0.2) is 0 Å². The van der Waals surface area contributed by atoms with Gasteiger partial charge in [-0.05, 0) is 43.0 Å². The maximum Gasteiger partial charge on any atom is 0.257 e. The molecule has 6 nitrogen and oxygen atoms in total. The number of hydrogen-bond acceptors (Lipinski definition) is 7. The molecule has 158 valence electrons. The number of benzene rings is 1. The Kier molecular flexibility index (Phi) is 6.86. The fraction of sp³-hybridized carbons (Fsp3) is 0.409. The molecule has 1 amide bonds. The van der Waals surface area contributed by atoms with E-state index in [4.69, 9.17) is 4.42 Å². The van der Waals surface area contributed by atoms with Crippen LogP contribution in [0.3, 0.4) is 0 Å². The second kappa shape index (κ2) is 9.76. The van der Waals surface area contributed by atoms with Crippen LogP contribution in [-0.4, -0.2) is 45.9 Å². The van der Waals surface area contributed by atoms with Crippen molar-refractivity contribution >= 4 is 34.7 Å². The van der Waals surface area contributed by atoms with Crippen LogP contribution in [0, 0.1) is 0 Å². The Bertz CT molecular complexity index is 973. The first-order chi connectivity index (χ1) is 14.6. The van der Waals surface area contributed by atoms with E-state index in [1.54, 1.807) is 11.3 Å². The van der Waals surface area contributed by atoms with Crippen LogP contribution >= 0.6 is 23.1 Å². The zero-order chi connectivity index (χ0) is 20.9. The largest absolute Gasteiger partial charge is 0.419 e. The number of thioether (sulfide) groups is 1. The highest BCUT2D eigenvalue weighted by Gasteiger charge is 2.26. The highest BCUT2D eigenvalue weighted by molar-refractivity contribution is 8.00. The summed E-state index contributed by atoms with van der Waals surface area (Å²) < 4.78 is 5.84. The summed E-state index contributed by atoms with van der Waals surface area (Å²) in [6.45, 7) is 6.67. The fourth-order valence-electron chi connectivity index (χ4n) is 3.56. The molecule has 0 spiro atoms. The van der Waals surface area contributed by atoms with Crippen molar-refractivity contribution in [3.05, 3.63) is 47.7 Å². The van der Waals surface area contributed by atoms with Crippen LogP contribution in [0.4, 0.5) is 5.69 Å². The molecule has 4 rings (SSSR count). The number of anilines is 1. The molecule has 1 aliphatic heterocycles. The number of hydrogen-bond donors (Lipinski definition) is 0. The van der Waals surface area contributed by atoms with Crippen molar-refractivity contribution in [2.24, 2.45) is 0 Å². The van der Waals surface area contributed by atoms with Gasteiger partial charge in [0.15, 0.2) is 0 Å². The molecule has 2 aromatic heterocycles. The van der Waals surface area contributed by atoms with Crippen molar-refractivity contribution in [2.45, 2.75) is 43.4 Å². The van der Waals surface area contributed by atoms with E-state index in [-0.39, 0.29) is 5.91 Å². The average molecular weight is 443 g/mol. The first-order valence-electron chi connectivity index (χ1n) is 10.3. The lowest BCUT2D eigenvalue weighted by Crippen LogP contribution is -2.41. The van der Waals surface area contributed by atoms with Gasteiger partial charge in [-0.15, -0.1) is 33.3 Å². The second-order valence-electron chi connectivity index (χ2n) is 7.42. The smallest absolute Gasteiger partial charge is 0.257 e. The molecular weight excluding hydrogens is 416 g/mol. The molecule has 0 saturated carbocycles. The number of rotatable bonds is 7. The van der Waals surface area contributed by atoms with Crippen LogP contribution < -0.4 is 4.90 Å². The summed E-state index contributed by atoms with van der Waals surface area (Å²) in [5.41, 5.74) is 1.02. The summed E-state index contributed by atoms with van der Waals surface area (Å²) in [6.07, 6.45) is 1.93. The summed E-state index contributed by atoms with van der Waals surface area (Å²) in [5.74, 6) is 1.19. The van der Waals surface area contributed by atoms with Crippen LogP contribution in [-0.2, 0) is 11.3 Å². The quantitative estimate of drug-likeness (QED) is 0.517. The summed E-state index contributed by atoms with van der Waals surface area (Å²) in [6, 6.07) is 12.1. The predicted octanol–water partition coefficient (Wildman–Crippen LogP) is 4.93. The highest BCUT2D eigenvalue weighted by atomic mass is 32.2. The zero-order valence-electron chi connectivity index (χ0n) is 17.3. The van der Waals surface area contributed by atoms with Gasteiger partial charge < -0.3 is 9.32 Å². The molecule has 3 heterocycles. The number of carbonyl (C=O) groups is 1. The van der Waals surface area contributed by atoms with Crippen molar-refractivity contribution in [3.63, 3.8) is 0 Å². The topological polar surface area (TPSA) is 62.5 Å². The van der Waals surface area contributed by atoms with Gasteiger partial charge >= 0.3 is 0 Å². The first-order valence-corrected chi connectivity index (χ1v) is 12.0. The van der Waals surface area contributed by atoms with Crippen molar-refractivity contribution in [2.75, 3.05) is 24.5 Å². The van der Waals surface area contributed by atoms with Gasteiger partial charge in [-0.2, -0.15) is 0 Å². The molecule has 0 radical (unpaired) electrons. The molecule has 1 aromatic carbocycles. The molecule has 30 heavy (non-hydrogen) atoms. The summed E-state index contributed by atoms with van der Waals surface area (Å²) in [7, 11) is 0. The molecule has 0 fully saturated rings. The first kappa shape index (κ1) is 21.1. The molecule has 0 bridgehead atoms. The lowest BCUT2D eigenvalue weighted by molar-refractivity contribution is -0.120. The van der Waals surface area contributed by atoms with Crippen LogP contribution in [0.1, 0.15) is 32.6 Å². The molecule has 0 N–H and O–H groups in total. The highest BCUT2D eigenvalue weighted by Crippen LogP contribution is 2.37. The Labute approximate surface area is 185 Å². The third-order valence-corrected chi connectivity index (χ3v) is 7.10. The maximum atomic E-state index is 13.3. The number of para-hydroxylation sites is 1. The minimum absolute atomic E-state index is 0.114. The van der Waals surface area contributed by atoms with E-state index < -0.39 is 0 Å². The van der Waals surface area contributed by atoms with Crippen molar-refractivity contribution in [1.29, 1.82) is 0 Å². The number of amides is 1. The summed E-state index contributed by atoms with van der Waals surface area (Å²) in [4.78, 5) is 19.5. The fourth-order valence-corrected chi connectivity index (χ4v) is 5.32. The molecule has 1 atom stereocenters. The minimum atomic E-state index is 0.114. The number of nitrogens with zero attached hydrogens (tertiary/aromatic N) is 4. The molecule has 8 heteroatoms. The number of aromatic nitrogens is 2. The lowest BCUT2D eigenvalue weighted by atomic mass is 10.2. The van der Waals surface area contributed by atoms with Gasteiger partial charge in [0.05, 0.1) is 23.7 Å². The Morgan fingerprint density at radius 1 is 1.27 bits per heavy atom. The average Bonchev–Trinajstić information content (AvgIpc) is 3.38. The van der Waals surface area contributed by atoms with Crippen LogP contribution in [0.2, 0.25) is 0 Å². The predicted molar refractivity (Wildman–Crippen MR) is 122 cm³/mol. The summed E-state index contributed by atoms with van der Waals surface area (Å²) in [5, 5.41) is 10.8. The normalized spacial score (nSPS) is 16.5. The van der Waals surface area contributed by atoms with Gasteiger partial charge in [0.1, 0.15) is 0 Å². The Hall–Kier alpha value is -2.16. The van der Waals surface area contributed by atoms with Gasteiger partial charge in [0.2, 0.25) is 11.8 Å². The Balaban J connectivity index is 1.47. The third-order valence-electron chi connectivity index (χ3n) is 5.00. The number of thiophene rings is 1. The Morgan fingerprint density at radius 3 is 2.93 bits per heavy atom. The monoisotopic (exact) mass is 442 g/mol. The zero-order valence-corrected chi connectivity index (χ0v) is 18.9. The van der Waals surface area contributed by atoms with E-state index in [1.807, 2.05) is 52.4 Å². The molecule has 3 aromatic rings. The van der Waals surface area contributed by atoms with E-state index in [9.17, 15) is 4.79 Å². The van der Waals surface area contributed by atoms with Crippen LogP contribution in [0.5, 0.6) is 0 Å². The van der Waals surface area contributed by atoms with Crippen molar-refractivity contribution in [1.82, 2.24) is 15.1 Å². The second-order valence-corrected chi connectivity index (χ2v) is 9.85. The van der Waals surface area contributed by atoms with Crippen LogP contribution in [0.25, 0.3) is 10.8 Å². The number of fused-ring (bicyclic) bond motifs is 1. The molecule has 1 unspecified atom stereocenters. The van der Waals surface area contributed by atoms with Crippen molar-refractivity contribution < 1.29 is 9.21 Å². The van der Waals surface area contributed by atoms with Gasteiger partial charge in [-0.1, -0.05) is 32.0 Å². The van der Waals surface area contributed by atoms with E-state index >= 15 is 0 Å². The SMILES string of the molecule is CCCN(CC(=O)N1CCC(C)Sc2ccccc21)Cc1nnc(-c2cccs2)o1. The lowest BCUT2D eigenvalue weighted by Gasteiger charge is -2.26. The van der Waals surface area contributed by atoms with E-state index in [1.165, 1.54) is 4.90 Å². The molecule has 0 aliphatic carbocycles. The molecular formula is C22H26N4O2S2. The van der Waals surface area contributed by atoms with Crippen molar-refractivity contribution in [3.8, 4) is 10.8 Å². The summed E-state index contributed by atoms with van der Waals surface area (Å²) >= 11 is 3.42. The van der Waals surface area contributed by atoms with Crippen LogP contribution in [0.15, 0.2) is 51.1 Å².